The van der Waals surface area contributed by atoms with Crippen LogP contribution in [0.1, 0.15) is 18.2 Å². The van der Waals surface area contributed by atoms with Gasteiger partial charge in [0.2, 0.25) is 0 Å². The first-order valence-corrected chi connectivity index (χ1v) is 6.16. The van der Waals surface area contributed by atoms with Crippen LogP contribution in [0.25, 0.3) is 11.0 Å². The molecule has 1 unspecified atom stereocenters. The number of furan rings is 1. The summed E-state index contributed by atoms with van der Waals surface area (Å²) in [5, 5.41) is 14.5. The van der Waals surface area contributed by atoms with Crippen molar-refractivity contribution in [2.24, 2.45) is 5.92 Å². The van der Waals surface area contributed by atoms with Crippen molar-refractivity contribution in [2.75, 3.05) is 11.9 Å². The van der Waals surface area contributed by atoms with E-state index in [9.17, 15) is 5.11 Å². The second-order valence-corrected chi connectivity index (χ2v) is 5.05. The Morgan fingerprint density at radius 2 is 2.35 bits per heavy atom. The van der Waals surface area contributed by atoms with Crippen molar-refractivity contribution in [1.29, 1.82) is 0 Å². The Hall–Kier alpha value is -1.19. The number of aliphatic hydroxyl groups is 1. The average Bonchev–Trinajstić information content (AvgIpc) is 2.56. The normalized spacial score (nSPS) is 19.1. The molecule has 1 aromatic carbocycles. The Labute approximate surface area is 104 Å². The highest BCUT2D eigenvalue weighted by Crippen LogP contribution is 2.39. The number of hydrogen-bond acceptors (Lipinski definition) is 3. The van der Waals surface area contributed by atoms with Crippen molar-refractivity contribution in [3.05, 3.63) is 28.5 Å². The highest BCUT2D eigenvalue weighted by molar-refractivity contribution is 6.35. The third-order valence-electron chi connectivity index (χ3n) is 3.31. The lowest BCUT2D eigenvalue weighted by molar-refractivity contribution is 0.248. The zero-order chi connectivity index (χ0) is 12.0. The first kappa shape index (κ1) is 10.9. The average molecular weight is 252 g/mol. The summed E-state index contributed by atoms with van der Waals surface area (Å²) in [7, 11) is 0. The zero-order valence-corrected chi connectivity index (χ0v) is 10.3. The molecule has 3 nitrogen and oxygen atoms in total. The van der Waals surface area contributed by atoms with Gasteiger partial charge in [0.1, 0.15) is 18.0 Å². The summed E-state index contributed by atoms with van der Waals surface area (Å²) in [6.07, 6.45) is 0.906. The molecule has 0 amide bonds. The van der Waals surface area contributed by atoms with Gasteiger partial charge in [0.25, 0.3) is 0 Å². The topological polar surface area (TPSA) is 45.4 Å². The van der Waals surface area contributed by atoms with Crippen molar-refractivity contribution in [3.8, 4) is 0 Å². The van der Waals surface area contributed by atoms with Crippen molar-refractivity contribution in [1.82, 2.24) is 0 Å². The summed E-state index contributed by atoms with van der Waals surface area (Å²) < 4.78 is 5.67. The van der Waals surface area contributed by atoms with Crippen LogP contribution in [0.4, 0.5) is 5.69 Å². The van der Waals surface area contributed by atoms with Crippen LogP contribution in [0, 0.1) is 5.92 Å². The minimum Gasteiger partial charge on any atom is -0.458 e. The summed E-state index contributed by atoms with van der Waals surface area (Å²) in [6.45, 7) is 3.00. The van der Waals surface area contributed by atoms with Crippen LogP contribution in [-0.2, 0) is 13.0 Å². The van der Waals surface area contributed by atoms with Crippen molar-refractivity contribution in [3.63, 3.8) is 0 Å². The van der Waals surface area contributed by atoms with Crippen LogP contribution in [0.15, 0.2) is 16.5 Å². The molecule has 2 N–H and O–H groups in total. The highest BCUT2D eigenvalue weighted by Gasteiger charge is 2.23. The molecule has 0 fully saturated rings. The lowest BCUT2D eigenvalue weighted by Gasteiger charge is -2.10. The van der Waals surface area contributed by atoms with E-state index in [1.54, 1.807) is 0 Å². The zero-order valence-electron chi connectivity index (χ0n) is 9.59. The predicted octanol–water partition coefficient (Wildman–Crippen LogP) is 3.18. The molecule has 1 aromatic heterocycles. The first-order valence-electron chi connectivity index (χ1n) is 5.78. The van der Waals surface area contributed by atoms with E-state index in [4.69, 9.17) is 16.0 Å². The van der Waals surface area contributed by atoms with Gasteiger partial charge in [-0.3, -0.25) is 0 Å². The van der Waals surface area contributed by atoms with Gasteiger partial charge in [-0.25, -0.2) is 0 Å². The third-order valence-corrected chi connectivity index (χ3v) is 3.63. The molecule has 0 saturated carbocycles. The third kappa shape index (κ3) is 1.61. The van der Waals surface area contributed by atoms with Gasteiger partial charge in [-0.15, -0.1) is 0 Å². The summed E-state index contributed by atoms with van der Waals surface area (Å²) in [4.78, 5) is 0. The summed E-state index contributed by atoms with van der Waals surface area (Å²) in [5.41, 5.74) is 2.83. The van der Waals surface area contributed by atoms with Gasteiger partial charge in [-0.1, -0.05) is 18.5 Å². The van der Waals surface area contributed by atoms with E-state index in [0.29, 0.717) is 16.7 Å². The Kier molecular flexibility index (Phi) is 2.53. The van der Waals surface area contributed by atoms with Crippen LogP contribution in [-0.4, -0.2) is 11.7 Å². The van der Waals surface area contributed by atoms with E-state index < -0.39 is 0 Å². The molecule has 90 valence electrons. The molecule has 1 atom stereocenters. The number of benzene rings is 1. The fraction of sp³-hybridized carbons (Fsp3) is 0.385. The second-order valence-electron chi connectivity index (χ2n) is 4.65. The van der Waals surface area contributed by atoms with Crippen LogP contribution in [0.5, 0.6) is 0 Å². The molecule has 0 aliphatic carbocycles. The summed E-state index contributed by atoms with van der Waals surface area (Å²) in [5.74, 6) is 1.16. The van der Waals surface area contributed by atoms with Crippen LogP contribution >= 0.6 is 11.6 Å². The molecule has 0 saturated heterocycles. The molecule has 0 bridgehead atoms. The van der Waals surface area contributed by atoms with Crippen molar-refractivity contribution >= 4 is 28.3 Å². The molecule has 0 radical (unpaired) electrons. The van der Waals surface area contributed by atoms with Crippen LogP contribution in [0.2, 0.25) is 5.02 Å². The SMILES string of the molecule is CC1CNc2c(Cl)ccc3oc(CO)c(c23)C1. The Morgan fingerprint density at radius 3 is 3.12 bits per heavy atom. The number of halogens is 1. The number of hydrogen-bond donors (Lipinski definition) is 2. The van der Waals surface area contributed by atoms with Crippen molar-refractivity contribution in [2.45, 2.75) is 20.0 Å². The number of rotatable bonds is 1. The highest BCUT2D eigenvalue weighted by atomic mass is 35.5. The predicted molar refractivity (Wildman–Crippen MR) is 68.5 cm³/mol. The molecule has 3 rings (SSSR count). The molecule has 1 aliphatic rings. The van der Waals surface area contributed by atoms with E-state index in [2.05, 4.69) is 12.2 Å². The molecule has 2 heterocycles. The summed E-state index contributed by atoms with van der Waals surface area (Å²) >= 11 is 6.22. The molecule has 17 heavy (non-hydrogen) atoms. The number of nitrogens with one attached hydrogen (secondary N) is 1. The lowest BCUT2D eigenvalue weighted by Crippen LogP contribution is -2.11. The second kappa shape index (κ2) is 3.93. The standard InChI is InChI=1S/C13H14ClNO2/c1-7-4-8-11(6-16)17-10-3-2-9(14)13(12(8)10)15-5-7/h2-3,7,15-16H,4-6H2,1H3. The van der Waals surface area contributed by atoms with Crippen molar-refractivity contribution < 1.29 is 9.52 Å². The molecular formula is C13H14ClNO2. The van der Waals surface area contributed by atoms with E-state index in [0.717, 1.165) is 35.2 Å². The van der Waals surface area contributed by atoms with Gasteiger partial charge in [0, 0.05) is 17.5 Å². The molecule has 1 aliphatic heterocycles. The molecule has 2 aromatic rings. The maximum Gasteiger partial charge on any atom is 0.136 e. The maximum atomic E-state index is 9.37. The lowest BCUT2D eigenvalue weighted by atomic mass is 10.00. The van der Waals surface area contributed by atoms with E-state index in [-0.39, 0.29) is 6.61 Å². The fourth-order valence-corrected chi connectivity index (χ4v) is 2.71. The van der Waals surface area contributed by atoms with Gasteiger partial charge in [0.05, 0.1) is 10.7 Å². The van der Waals surface area contributed by atoms with Gasteiger partial charge in [-0.05, 0) is 24.5 Å². The largest absolute Gasteiger partial charge is 0.458 e. The van der Waals surface area contributed by atoms with Gasteiger partial charge >= 0.3 is 0 Å². The van der Waals surface area contributed by atoms with Crippen LogP contribution in [0.3, 0.4) is 0 Å². The van der Waals surface area contributed by atoms with E-state index in [1.807, 2.05) is 12.1 Å². The summed E-state index contributed by atoms with van der Waals surface area (Å²) in [6, 6.07) is 3.69. The first-order chi connectivity index (χ1) is 8.20. The van der Waals surface area contributed by atoms with Gasteiger partial charge < -0.3 is 14.8 Å². The van der Waals surface area contributed by atoms with Gasteiger partial charge in [-0.2, -0.15) is 0 Å². The number of aliphatic hydroxyl groups excluding tert-OH is 1. The quantitative estimate of drug-likeness (QED) is 0.818. The molecule has 4 heteroatoms. The van der Waals surface area contributed by atoms with Gasteiger partial charge in [0.15, 0.2) is 0 Å². The molecular weight excluding hydrogens is 238 g/mol. The smallest absolute Gasteiger partial charge is 0.136 e. The number of anilines is 1. The maximum absolute atomic E-state index is 9.37. The van der Waals surface area contributed by atoms with E-state index in [1.165, 1.54) is 0 Å². The Morgan fingerprint density at radius 1 is 1.53 bits per heavy atom. The monoisotopic (exact) mass is 251 g/mol. The fourth-order valence-electron chi connectivity index (χ4n) is 2.49. The van der Waals surface area contributed by atoms with Crippen LogP contribution < -0.4 is 5.32 Å². The Bertz CT molecular complexity index is 576. The minimum absolute atomic E-state index is 0.0617. The molecule has 0 spiro atoms. The Balaban J connectivity index is 2.35. The minimum atomic E-state index is -0.0617. The van der Waals surface area contributed by atoms with E-state index >= 15 is 0 Å².